The van der Waals surface area contributed by atoms with Gasteiger partial charge in [0.15, 0.2) is 11.5 Å². The largest absolute Gasteiger partial charge is 0.493 e. The lowest BCUT2D eigenvalue weighted by Crippen LogP contribution is -2.36. The number of benzene rings is 2. The summed E-state index contributed by atoms with van der Waals surface area (Å²) in [5.41, 5.74) is 1.12. The van der Waals surface area contributed by atoms with Crippen molar-refractivity contribution in [3.63, 3.8) is 0 Å². The summed E-state index contributed by atoms with van der Waals surface area (Å²) in [4.78, 5) is 38.3. The molecule has 2 aromatic carbocycles. The fourth-order valence-electron chi connectivity index (χ4n) is 2.69. The highest BCUT2D eigenvalue weighted by Gasteiger charge is 2.36. The van der Waals surface area contributed by atoms with Crippen LogP contribution in [0.4, 0.5) is 10.5 Å². The van der Waals surface area contributed by atoms with Crippen LogP contribution in [0.5, 0.6) is 11.5 Å². The molecule has 0 bridgehead atoms. The molecule has 0 aliphatic carbocycles. The van der Waals surface area contributed by atoms with E-state index in [1.54, 1.807) is 36.4 Å². The first-order valence-electron chi connectivity index (χ1n) is 8.54. The Bertz CT molecular complexity index is 1040. The molecule has 3 amide bonds. The third-order valence-corrected chi connectivity index (χ3v) is 5.77. The molecule has 1 aliphatic rings. The standard InChI is InChI=1S/C20H16BrClN2O5S/c1-28-15-8-11(7-14(22)18(15)29-2)9-16-19(26)24(20(27)30-16)10-17(25)23-13-5-3-12(21)4-6-13/h3-9H,10H2,1-2H3,(H,23,25)/b16-9-. The Kier molecular flexibility index (Phi) is 7.06. The first kappa shape index (κ1) is 22.2. The first-order chi connectivity index (χ1) is 14.3. The van der Waals surface area contributed by atoms with Crippen LogP contribution < -0.4 is 14.8 Å². The van der Waals surface area contributed by atoms with E-state index in [1.807, 2.05) is 0 Å². The molecule has 1 heterocycles. The average Bonchev–Trinajstić information content (AvgIpc) is 2.96. The Morgan fingerprint density at radius 1 is 1.20 bits per heavy atom. The lowest BCUT2D eigenvalue weighted by molar-refractivity contribution is -0.127. The lowest BCUT2D eigenvalue weighted by Gasteiger charge is -2.12. The molecule has 0 atom stereocenters. The number of hydrogen-bond acceptors (Lipinski definition) is 6. The van der Waals surface area contributed by atoms with Crippen LogP contribution in [0.25, 0.3) is 6.08 Å². The smallest absolute Gasteiger partial charge is 0.294 e. The Morgan fingerprint density at radius 2 is 1.90 bits per heavy atom. The van der Waals surface area contributed by atoms with Crippen LogP contribution in [-0.4, -0.2) is 42.7 Å². The number of nitrogens with zero attached hydrogens (tertiary/aromatic N) is 1. The van der Waals surface area contributed by atoms with Gasteiger partial charge in [-0.05, 0) is 59.8 Å². The fraction of sp³-hybridized carbons (Fsp3) is 0.150. The second-order valence-electron chi connectivity index (χ2n) is 6.06. The van der Waals surface area contributed by atoms with E-state index >= 15 is 0 Å². The number of amides is 3. The van der Waals surface area contributed by atoms with E-state index in [0.717, 1.165) is 21.1 Å². The van der Waals surface area contributed by atoms with Crippen LogP contribution >= 0.6 is 39.3 Å². The fourth-order valence-corrected chi connectivity index (χ4v) is 4.09. The molecule has 0 saturated carbocycles. The van der Waals surface area contributed by atoms with E-state index in [2.05, 4.69) is 21.2 Å². The number of anilines is 1. The van der Waals surface area contributed by atoms with Gasteiger partial charge in [0.25, 0.3) is 11.1 Å². The SMILES string of the molecule is COc1cc(/C=C2\SC(=O)N(CC(=O)Nc3ccc(Br)cc3)C2=O)cc(Cl)c1OC. The van der Waals surface area contributed by atoms with E-state index in [-0.39, 0.29) is 11.4 Å². The van der Waals surface area contributed by atoms with Crippen LogP contribution in [0.15, 0.2) is 45.8 Å². The van der Waals surface area contributed by atoms with Crippen molar-refractivity contribution >= 4 is 68.1 Å². The van der Waals surface area contributed by atoms with Crippen molar-refractivity contribution < 1.29 is 23.9 Å². The van der Waals surface area contributed by atoms with Gasteiger partial charge in [-0.3, -0.25) is 19.3 Å². The summed E-state index contributed by atoms with van der Waals surface area (Å²) in [6.45, 7) is -0.384. The highest BCUT2D eigenvalue weighted by atomic mass is 79.9. The molecule has 10 heteroatoms. The molecule has 2 aromatic rings. The topological polar surface area (TPSA) is 84.9 Å². The number of carbonyl (C=O) groups is 3. The van der Waals surface area contributed by atoms with Crippen molar-refractivity contribution in [2.24, 2.45) is 0 Å². The van der Waals surface area contributed by atoms with Crippen LogP contribution in [0.1, 0.15) is 5.56 Å². The number of ether oxygens (including phenoxy) is 2. The molecule has 30 heavy (non-hydrogen) atoms. The number of methoxy groups -OCH3 is 2. The van der Waals surface area contributed by atoms with Crippen molar-refractivity contribution in [3.05, 3.63) is 56.4 Å². The molecule has 0 radical (unpaired) electrons. The molecule has 156 valence electrons. The van der Waals surface area contributed by atoms with Crippen molar-refractivity contribution in [3.8, 4) is 11.5 Å². The van der Waals surface area contributed by atoms with E-state index in [4.69, 9.17) is 21.1 Å². The quantitative estimate of drug-likeness (QED) is 0.561. The molecule has 1 N–H and O–H groups in total. The van der Waals surface area contributed by atoms with Gasteiger partial charge in [-0.25, -0.2) is 0 Å². The summed E-state index contributed by atoms with van der Waals surface area (Å²) in [6.07, 6.45) is 1.52. The lowest BCUT2D eigenvalue weighted by atomic mass is 10.2. The van der Waals surface area contributed by atoms with Crippen LogP contribution in [0, 0.1) is 0 Å². The van der Waals surface area contributed by atoms with Gasteiger partial charge in [0.1, 0.15) is 6.54 Å². The summed E-state index contributed by atoms with van der Waals surface area (Å²) in [5.74, 6) is -0.268. The maximum absolute atomic E-state index is 12.7. The second-order valence-corrected chi connectivity index (χ2v) is 8.38. The third kappa shape index (κ3) is 4.97. The maximum Gasteiger partial charge on any atom is 0.294 e. The monoisotopic (exact) mass is 510 g/mol. The van der Waals surface area contributed by atoms with Gasteiger partial charge in [0.05, 0.1) is 24.1 Å². The highest BCUT2D eigenvalue weighted by Crippen LogP contribution is 2.38. The number of imide groups is 1. The molecule has 1 fully saturated rings. The van der Waals surface area contributed by atoms with Crippen LogP contribution in [0.2, 0.25) is 5.02 Å². The van der Waals surface area contributed by atoms with Gasteiger partial charge in [0, 0.05) is 10.2 Å². The van der Waals surface area contributed by atoms with Gasteiger partial charge < -0.3 is 14.8 Å². The van der Waals surface area contributed by atoms with Crippen molar-refractivity contribution in [2.75, 3.05) is 26.1 Å². The summed E-state index contributed by atoms with van der Waals surface area (Å²) in [6, 6.07) is 10.2. The molecular weight excluding hydrogens is 496 g/mol. The number of thioether (sulfide) groups is 1. The Hall–Kier alpha value is -2.49. The summed E-state index contributed by atoms with van der Waals surface area (Å²) in [5, 5.41) is 2.43. The van der Waals surface area contributed by atoms with Crippen LogP contribution in [-0.2, 0) is 9.59 Å². The zero-order valence-corrected chi connectivity index (χ0v) is 19.1. The van der Waals surface area contributed by atoms with Gasteiger partial charge in [0.2, 0.25) is 5.91 Å². The molecule has 3 rings (SSSR count). The Balaban J connectivity index is 1.75. The van der Waals surface area contributed by atoms with Gasteiger partial charge in [-0.1, -0.05) is 27.5 Å². The molecular formula is C20H16BrClN2O5S. The van der Waals surface area contributed by atoms with Crippen molar-refractivity contribution in [1.82, 2.24) is 4.90 Å². The van der Waals surface area contributed by atoms with Gasteiger partial charge >= 0.3 is 0 Å². The third-order valence-electron chi connectivity index (χ3n) is 4.06. The number of halogens is 2. The number of rotatable bonds is 6. The molecule has 7 nitrogen and oxygen atoms in total. The first-order valence-corrected chi connectivity index (χ1v) is 10.5. The molecule has 0 spiro atoms. The average molecular weight is 512 g/mol. The van der Waals surface area contributed by atoms with E-state index in [0.29, 0.717) is 27.8 Å². The number of nitrogens with one attached hydrogen (secondary N) is 1. The minimum absolute atomic E-state index is 0.180. The minimum atomic E-state index is -0.554. The molecule has 0 aromatic heterocycles. The molecule has 0 unspecified atom stereocenters. The van der Waals surface area contributed by atoms with Crippen LogP contribution in [0.3, 0.4) is 0 Å². The minimum Gasteiger partial charge on any atom is -0.493 e. The van der Waals surface area contributed by atoms with E-state index < -0.39 is 17.1 Å². The van der Waals surface area contributed by atoms with Gasteiger partial charge in [-0.15, -0.1) is 0 Å². The predicted molar refractivity (Wildman–Crippen MR) is 120 cm³/mol. The van der Waals surface area contributed by atoms with Crippen molar-refractivity contribution in [2.45, 2.75) is 0 Å². The molecule has 1 aliphatic heterocycles. The normalized spacial score (nSPS) is 14.9. The Morgan fingerprint density at radius 3 is 2.53 bits per heavy atom. The Labute approximate surface area is 190 Å². The number of hydrogen-bond donors (Lipinski definition) is 1. The van der Waals surface area contributed by atoms with Crippen molar-refractivity contribution in [1.29, 1.82) is 0 Å². The highest BCUT2D eigenvalue weighted by molar-refractivity contribution is 9.10. The summed E-state index contributed by atoms with van der Waals surface area (Å²) < 4.78 is 11.3. The zero-order chi connectivity index (χ0) is 21.8. The van der Waals surface area contributed by atoms with E-state index in [1.165, 1.54) is 20.3 Å². The zero-order valence-electron chi connectivity index (χ0n) is 15.9. The summed E-state index contributed by atoms with van der Waals surface area (Å²) >= 11 is 10.3. The second kappa shape index (κ2) is 9.55. The summed E-state index contributed by atoms with van der Waals surface area (Å²) in [7, 11) is 2.93. The number of carbonyl (C=O) groups excluding carboxylic acids is 3. The predicted octanol–water partition coefficient (Wildman–Crippen LogP) is 4.79. The van der Waals surface area contributed by atoms with Gasteiger partial charge in [-0.2, -0.15) is 0 Å². The van der Waals surface area contributed by atoms with E-state index in [9.17, 15) is 14.4 Å². The molecule has 1 saturated heterocycles. The maximum atomic E-state index is 12.7.